The predicted molar refractivity (Wildman–Crippen MR) is 120 cm³/mol. The third-order valence-electron chi connectivity index (χ3n) is 4.73. The van der Waals surface area contributed by atoms with Crippen LogP contribution in [0.2, 0.25) is 0 Å². The van der Waals surface area contributed by atoms with Gasteiger partial charge in [0.05, 0.1) is 17.7 Å². The van der Waals surface area contributed by atoms with Crippen LogP contribution in [0.25, 0.3) is 0 Å². The van der Waals surface area contributed by atoms with Crippen molar-refractivity contribution in [2.45, 2.75) is 23.5 Å². The fourth-order valence-corrected chi connectivity index (χ4v) is 5.03. The summed E-state index contributed by atoms with van der Waals surface area (Å²) in [6.45, 7) is 2.59. The average Bonchev–Trinajstić information content (AvgIpc) is 3.16. The number of carbonyl (C=O) groups is 1. The number of methoxy groups -OCH3 is 1. The highest BCUT2D eigenvalue weighted by molar-refractivity contribution is 8.14. The van der Waals surface area contributed by atoms with Gasteiger partial charge in [0.1, 0.15) is 5.75 Å². The van der Waals surface area contributed by atoms with Gasteiger partial charge in [-0.05, 0) is 36.8 Å². The van der Waals surface area contributed by atoms with Crippen molar-refractivity contribution in [1.29, 1.82) is 0 Å². The molecule has 1 unspecified atom stereocenters. The molecular weight excluding hydrogens is 422 g/mol. The Morgan fingerprint density at radius 3 is 2.63 bits per heavy atom. The lowest BCUT2D eigenvalue weighted by Gasteiger charge is -2.17. The van der Waals surface area contributed by atoms with E-state index >= 15 is 0 Å². The van der Waals surface area contributed by atoms with E-state index in [1.54, 1.807) is 42.0 Å². The number of sulfonamides is 1. The number of benzene rings is 2. The fraction of sp³-hybridized carbons (Fsp3) is 0.333. The van der Waals surface area contributed by atoms with Gasteiger partial charge >= 0.3 is 0 Å². The van der Waals surface area contributed by atoms with Crippen LogP contribution in [0.15, 0.2) is 58.4 Å². The van der Waals surface area contributed by atoms with Crippen molar-refractivity contribution in [1.82, 2.24) is 9.21 Å². The van der Waals surface area contributed by atoms with E-state index in [4.69, 9.17) is 4.74 Å². The van der Waals surface area contributed by atoms with Gasteiger partial charge in [0, 0.05) is 37.5 Å². The molecule has 2 aromatic carbocycles. The molecule has 1 aliphatic rings. The molecule has 3 rings (SSSR count). The lowest BCUT2D eigenvalue weighted by Crippen LogP contribution is -2.33. The molecular formula is C21H25N3O4S2. The Kier molecular flexibility index (Phi) is 6.84. The van der Waals surface area contributed by atoms with Gasteiger partial charge in [0.25, 0.3) is 5.91 Å². The van der Waals surface area contributed by atoms with Crippen molar-refractivity contribution < 1.29 is 17.9 Å². The molecule has 30 heavy (non-hydrogen) atoms. The number of nitrogens with zero attached hydrogens (tertiary/aromatic N) is 3. The summed E-state index contributed by atoms with van der Waals surface area (Å²) in [5.74, 6) is 0.419. The van der Waals surface area contributed by atoms with E-state index in [2.05, 4.69) is 11.9 Å². The predicted octanol–water partition coefficient (Wildman–Crippen LogP) is 3.60. The minimum absolute atomic E-state index is 0.0866. The summed E-state index contributed by atoms with van der Waals surface area (Å²) in [7, 11) is 0.891. The third kappa shape index (κ3) is 4.69. The largest absolute Gasteiger partial charge is 0.497 e. The first-order chi connectivity index (χ1) is 14.3. The minimum Gasteiger partial charge on any atom is -0.497 e. The van der Waals surface area contributed by atoms with Gasteiger partial charge in [0.2, 0.25) is 10.0 Å². The molecule has 2 aromatic rings. The molecule has 1 saturated heterocycles. The first kappa shape index (κ1) is 22.3. The zero-order valence-corrected chi connectivity index (χ0v) is 19.0. The topological polar surface area (TPSA) is 79.3 Å². The van der Waals surface area contributed by atoms with E-state index in [1.807, 2.05) is 18.2 Å². The van der Waals surface area contributed by atoms with Gasteiger partial charge in [-0.2, -0.15) is 0 Å². The molecule has 0 aromatic heterocycles. The summed E-state index contributed by atoms with van der Waals surface area (Å²) in [5.41, 5.74) is 1.00. The first-order valence-corrected chi connectivity index (χ1v) is 11.8. The van der Waals surface area contributed by atoms with Gasteiger partial charge in [-0.25, -0.2) is 17.7 Å². The second-order valence-electron chi connectivity index (χ2n) is 6.97. The zero-order chi connectivity index (χ0) is 21.9. The summed E-state index contributed by atoms with van der Waals surface area (Å²) in [6, 6.07) is 13.5. The summed E-state index contributed by atoms with van der Waals surface area (Å²) < 4.78 is 31.3. The van der Waals surface area contributed by atoms with Crippen LogP contribution in [0.1, 0.15) is 23.7 Å². The van der Waals surface area contributed by atoms with E-state index < -0.39 is 10.0 Å². The normalized spacial score (nSPS) is 18.2. The number of rotatable bonds is 6. The molecule has 1 fully saturated rings. The monoisotopic (exact) mass is 447 g/mol. The van der Waals surface area contributed by atoms with Crippen molar-refractivity contribution >= 4 is 38.5 Å². The second kappa shape index (κ2) is 9.20. The maximum Gasteiger partial charge on any atom is 0.259 e. The summed E-state index contributed by atoms with van der Waals surface area (Å²) in [5, 5.41) is 0.827. The highest BCUT2D eigenvalue weighted by Gasteiger charge is 2.33. The summed E-state index contributed by atoms with van der Waals surface area (Å²) in [6.07, 6.45) is 0.890. The van der Waals surface area contributed by atoms with Crippen molar-refractivity contribution in [2.75, 3.05) is 27.7 Å². The standard InChI is InChI=1S/C21H25N3O4S2/c1-5-18-14-24(21(29-18)22-16-9-7-10-17(13-16)28-4)20(25)15-8-6-11-19(12-15)30(26,27)23(2)3/h6-13,18H,5,14H2,1-4H3. The molecule has 160 valence electrons. The third-order valence-corrected chi connectivity index (χ3v) is 7.88. The maximum absolute atomic E-state index is 13.3. The highest BCUT2D eigenvalue weighted by atomic mass is 32.2. The van der Waals surface area contributed by atoms with Crippen molar-refractivity contribution in [3.63, 3.8) is 0 Å². The van der Waals surface area contributed by atoms with Gasteiger partial charge in [-0.15, -0.1) is 0 Å². The summed E-state index contributed by atoms with van der Waals surface area (Å²) >= 11 is 1.55. The Morgan fingerprint density at radius 2 is 1.97 bits per heavy atom. The van der Waals surface area contributed by atoms with E-state index in [0.29, 0.717) is 28.7 Å². The van der Waals surface area contributed by atoms with Crippen LogP contribution in [0, 0.1) is 0 Å². The Hall–Kier alpha value is -2.36. The van der Waals surface area contributed by atoms with Crippen molar-refractivity contribution in [3.05, 3.63) is 54.1 Å². The molecule has 0 spiro atoms. The van der Waals surface area contributed by atoms with Crippen molar-refractivity contribution in [3.8, 4) is 5.75 Å². The molecule has 1 aliphatic heterocycles. The van der Waals surface area contributed by atoms with Crippen LogP contribution in [-0.2, 0) is 10.0 Å². The van der Waals surface area contributed by atoms with Gasteiger partial charge < -0.3 is 4.74 Å². The van der Waals surface area contributed by atoms with Gasteiger partial charge in [-0.1, -0.05) is 30.8 Å². The summed E-state index contributed by atoms with van der Waals surface area (Å²) in [4.78, 5) is 19.7. The van der Waals surface area contributed by atoms with Crippen LogP contribution >= 0.6 is 11.8 Å². The minimum atomic E-state index is -3.63. The average molecular weight is 448 g/mol. The Morgan fingerprint density at radius 1 is 1.23 bits per heavy atom. The van der Waals surface area contributed by atoms with Crippen LogP contribution in [-0.4, -0.2) is 61.7 Å². The molecule has 1 heterocycles. The smallest absolute Gasteiger partial charge is 0.259 e. The van der Waals surface area contributed by atoms with E-state index in [9.17, 15) is 13.2 Å². The van der Waals surface area contributed by atoms with Crippen LogP contribution < -0.4 is 4.74 Å². The van der Waals surface area contributed by atoms with Gasteiger partial charge in [-0.3, -0.25) is 9.69 Å². The van der Waals surface area contributed by atoms with Crippen LogP contribution in [0.4, 0.5) is 5.69 Å². The number of amides is 1. The SMILES string of the molecule is CCC1CN(C(=O)c2cccc(S(=O)(=O)N(C)C)c2)C(=Nc2cccc(OC)c2)S1. The van der Waals surface area contributed by atoms with Crippen molar-refractivity contribution in [2.24, 2.45) is 4.99 Å². The molecule has 0 N–H and O–H groups in total. The number of thioether (sulfide) groups is 1. The molecule has 9 heteroatoms. The zero-order valence-electron chi connectivity index (χ0n) is 17.4. The maximum atomic E-state index is 13.3. The Balaban J connectivity index is 1.96. The number of ether oxygens (including phenoxy) is 1. The molecule has 1 atom stereocenters. The second-order valence-corrected chi connectivity index (χ2v) is 10.4. The highest BCUT2D eigenvalue weighted by Crippen LogP contribution is 2.32. The lowest BCUT2D eigenvalue weighted by molar-refractivity contribution is 0.0854. The van der Waals surface area contributed by atoms with E-state index in [-0.39, 0.29) is 16.1 Å². The number of amidine groups is 1. The van der Waals surface area contributed by atoms with Crippen LogP contribution in [0.3, 0.4) is 0 Å². The number of hydrogen-bond donors (Lipinski definition) is 0. The number of aliphatic imine (C=N–C) groups is 1. The quantitative estimate of drug-likeness (QED) is 0.676. The molecule has 0 saturated carbocycles. The lowest BCUT2D eigenvalue weighted by atomic mass is 10.2. The molecule has 7 nitrogen and oxygen atoms in total. The molecule has 0 aliphatic carbocycles. The number of carbonyl (C=O) groups excluding carboxylic acids is 1. The molecule has 0 radical (unpaired) electrons. The van der Waals surface area contributed by atoms with Crippen LogP contribution in [0.5, 0.6) is 5.75 Å². The Bertz CT molecular complexity index is 1070. The molecule has 0 bridgehead atoms. The number of hydrogen-bond acceptors (Lipinski definition) is 6. The van der Waals surface area contributed by atoms with E-state index in [0.717, 1.165) is 10.7 Å². The first-order valence-electron chi connectivity index (χ1n) is 9.50. The Labute approximate surface area is 181 Å². The van der Waals surface area contributed by atoms with Gasteiger partial charge in [0.15, 0.2) is 5.17 Å². The fourth-order valence-electron chi connectivity index (χ4n) is 2.95. The molecule has 1 amide bonds. The van der Waals surface area contributed by atoms with E-state index in [1.165, 1.54) is 26.2 Å².